The van der Waals surface area contributed by atoms with Gasteiger partial charge in [0.15, 0.2) is 5.65 Å². The summed E-state index contributed by atoms with van der Waals surface area (Å²) in [5, 5.41) is 14.1. The number of amides is 1. The molecule has 1 aliphatic heterocycles. The van der Waals surface area contributed by atoms with E-state index in [1.165, 1.54) is 12.1 Å². The minimum Gasteiger partial charge on any atom is -0.349 e. The monoisotopic (exact) mass is 430 g/mol. The number of aromatic nitrogens is 3. The molecule has 3 heterocycles. The maximum absolute atomic E-state index is 13.7. The number of fused-ring (bicyclic) bond motifs is 1. The van der Waals surface area contributed by atoms with Gasteiger partial charge in [-0.1, -0.05) is 18.2 Å². The fourth-order valence-electron chi connectivity index (χ4n) is 3.89. The molecule has 0 bridgehead atoms. The largest absolute Gasteiger partial charge is 0.349 e. The minimum atomic E-state index is -0.303. The third-order valence-electron chi connectivity index (χ3n) is 5.56. The smallest absolute Gasteiger partial charge is 0.251 e. The lowest BCUT2D eigenvalue weighted by Gasteiger charge is -2.23. The number of halogens is 1. The molecular weight excluding hydrogens is 407 g/mol. The topological polar surface area (TPSA) is 83.4 Å². The highest BCUT2D eigenvalue weighted by Gasteiger charge is 2.16. The summed E-state index contributed by atoms with van der Waals surface area (Å²) in [6.45, 7) is 1.86. The van der Waals surface area contributed by atoms with Gasteiger partial charge in [-0.15, -0.1) is 5.10 Å². The number of piperidine rings is 1. The van der Waals surface area contributed by atoms with Crippen LogP contribution in [0.2, 0.25) is 0 Å². The zero-order valence-corrected chi connectivity index (χ0v) is 17.4. The molecule has 1 aliphatic rings. The first-order valence-electron chi connectivity index (χ1n) is 10.7. The van der Waals surface area contributed by atoms with Gasteiger partial charge in [0.2, 0.25) is 5.95 Å². The van der Waals surface area contributed by atoms with Gasteiger partial charge in [-0.25, -0.2) is 8.91 Å². The Kier molecular flexibility index (Phi) is 5.51. The first-order chi connectivity index (χ1) is 15.7. The number of hydrogen-bond acceptors (Lipinski definition) is 5. The molecule has 0 saturated carbocycles. The average molecular weight is 430 g/mol. The van der Waals surface area contributed by atoms with Crippen molar-refractivity contribution in [3.05, 3.63) is 78.1 Å². The predicted molar refractivity (Wildman–Crippen MR) is 121 cm³/mol. The van der Waals surface area contributed by atoms with E-state index >= 15 is 0 Å². The summed E-state index contributed by atoms with van der Waals surface area (Å²) in [5.74, 6) is 0.0528. The Morgan fingerprint density at radius 3 is 2.59 bits per heavy atom. The van der Waals surface area contributed by atoms with Gasteiger partial charge in [0.05, 0.1) is 5.69 Å². The van der Waals surface area contributed by atoms with Gasteiger partial charge in [-0.2, -0.15) is 4.98 Å². The molecule has 1 fully saturated rings. The van der Waals surface area contributed by atoms with Crippen LogP contribution in [0.25, 0.3) is 16.9 Å². The molecule has 0 spiro atoms. The van der Waals surface area contributed by atoms with Crippen LogP contribution < -0.4 is 16.0 Å². The molecule has 1 amide bonds. The number of hydrogen-bond donors (Lipinski definition) is 3. The van der Waals surface area contributed by atoms with Crippen LogP contribution >= 0.6 is 0 Å². The van der Waals surface area contributed by atoms with Crippen LogP contribution in [-0.4, -0.2) is 39.6 Å². The van der Waals surface area contributed by atoms with E-state index in [0.29, 0.717) is 17.2 Å². The molecule has 7 nitrogen and oxygen atoms in total. The average Bonchev–Trinajstić information content (AvgIpc) is 3.22. The van der Waals surface area contributed by atoms with Gasteiger partial charge in [0.1, 0.15) is 5.82 Å². The molecule has 162 valence electrons. The number of nitrogens with one attached hydrogen (secondary N) is 3. The molecule has 0 aliphatic carbocycles. The molecule has 3 N–H and O–H groups in total. The molecule has 0 radical (unpaired) electrons. The van der Waals surface area contributed by atoms with E-state index < -0.39 is 0 Å². The lowest BCUT2D eigenvalue weighted by molar-refractivity contribution is 0.0929. The summed E-state index contributed by atoms with van der Waals surface area (Å²) in [6, 6.07) is 19.4. The Labute approximate surface area is 184 Å². The molecule has 32 heavy (non-hydrogen) atoms. The maximum atomic E-state index is 13.7. The molecular formula is C24H23FN6O. The van der Waals surface area contributed by atoms with Crippen molar-refractivity contribution in [3.63, 3.8) is 0 Å². The van der Waals surface area contributed by atoms with Gasteiger partial charge >= 0.3 is 0 Å². The van der Waals surface area contributed by atoms with Crippen LogP contribution in [0, 0.1) is 5.82 Å². The second-order valence-electron chi connectivity index (χ2n) is 7.83. The Bertz CT molecular complexity index is 1250. The van der Waals surface area contributed by atoms with Crippen molar-refractivity contribution < 1.29 is 9.18 Å². The fourth-order valence-corrected chi connectivity index (χ4v) is 3.89. The molecule has 1 saturated heterocycles. The van der Waals surface area contributed by atoms with Crippen LogP contribution in [0.5, 0.6) is 0 Å². The van der Waals surface area contributed by atoms with E-state index in [1.54, 1.807) is 22.7 Å². The van der Waals surface area contributed by atoms with E-state index in [0.717, 1.165) is 42.9 Å². The minimum absolute atomic E-state index is 0.0611. The summed E-state index contributed by atoms with van der Waals surface area (Å²) >= 11 is 0. The van der Waals surface area contributed by atoms with Crippen molar-refractivity contribution in [1.29, 1.82) is 0 Å². The Morgan fingerprint density at radius 2 is 1.81 bits per heavy atom. The predicted octanol–water partition coefficient (Wildman–Crippen LogP) is 3.76. The maximum Gasteiger partial charge on any atom is 0.251 e. The Morgan fingerprint density at radius 1 is 1.03 bits per heavy atom. The SMILES string of the molecule is O=C(NC1CCNCC1)c1ccc(Nc2nc3cccc(-c4cccc(F)c4)n3n2)cc1. The van der Waals surface area contributed by atoms with Crippen molar-refractivity contribution in [2.75, 3.05) is 18.4 Å². The lowest BCUT2D eigenvalue weighted by Crippen LogP contribution is -2.42. The summed E-state index contributed by atoms with van der Waals surface area (Å²) < 4.78 is 15.4. The molecule has 2 aromatic heterocycles. The highest BCUT2D eigenvalue weighted by atomic mass is 19.1. The molecule has 5 rings (SSSR count). The summed E-state index contributed by atoms with van der Waals surface area (Å²) in [6.07, 6.45) is 1.89. The van der Waals surface area contributed by atoms with Gasteiger partial charge in [-0.3, -0.25) is 4.79 Å². The number of anilines is 2. The zero-order chi connectivity index (χ0) is 21.9. The van der Waals surface area contributed by atoms with Crippen molar-refractivity contribution >= 4 is 23.2 Å². The normalized spacial score (nSPS) is 14.4. The second-order valence-corrected chi connectivity index (χ2v) is 7.83. The quantitative estimate of drug-likeness (QED) is 0.449. The van der Waals surface area contributed by atoms with Gasteiger partial charge in [-0.05, 0) is 74.5 Å². The summed E-state index contributed by atoms with van der Waals surface area (Å²) in [7, 11) is 0. The Hall–Kier alpha value is -3.78. The summed E-state index contributed by atoms with van der Waals surface area (Å²) in [4.78, 5) is 17.0. The van der Waals surface area contributed by atoms with Gasteiger partial charge in [0.25, 0.3) is 5.91 Å². The molecule has 2 aromatic carbocycles. The van der Waals surface area contributed by atoms with Crippen molar-refractivity contribution in [2.45, 2.75) is 18.9 Å². The van der Waals surface area contributed by atoms with Crippen molar-refractivity contribution in [2.24, 2.45) is 0 Å². The van der Waals surface area contributed by atoms with E-state index in [-0.39, 0.29) is 17.8 Å². The van der Waals surface area contributed by atoms with Crippen molar-refractivity contribution in [1.82, 2.24) is 25.2 Å². The number of carbonyl (C=O) groups is 1. The van der Waals surface area contributed by atoms with Crippen LogP contribution in [0.1, 0.15) is 23.2 Å². The number of carbonyl (C=O) groups excluding carboxylic acids is 1. The van der Waals surface area contributed by atoms with Crippen LogP contribution in [0.15, 0.2) is 66.7 Å². The number of rotatable bonds is 5. The highest BCUT2D eigenvalue weighted by Crippen LogP contribution is 2.23. The van der Waals surface area contributed by atoms with Crippen molar-refractivity contribution in [3.8, 4) is 11.3 Å². The Balaban J connectivity index is 1.32. The first-order valence-corrected chi connectivity index (χ1v) is 10.7. The van der Waals surface area contributed by atoms with E-state index in [4.69, 9.17) is 0 Å². The molecule has 4 aromatic rings. The highest BCUT2D eigenvalue weighted by molar-refractivity contribution is 5.94. The first kappa shape index (κ1) is 20.1. The molecule has 0 atom stereocenters. The summed E-state index contributed by atoms with van der Waals surface area (Å²) in [5.41, 5.74) is 3.49. The standard InChI is InChI=1S/C24H23FN6O/c25-18-4-1-3-17(15-18)21-5-2-6-22-29-24(30-31(21)22)28-19-9-7-16(8-10-19)23(32)27-20-11-13-26-14-12-20/h1-10,15,20,26H,11-14H2,(H,27,32)(H,28,30). The zero-order valence-electron chi connectivity index (χ0n) is 17.4. The lowest BCUT2D eigenvalue weighted by atomic mass is 10.1. The number of pyridine rings is 1. The number of benzene rings is 2. The van der Waals surface area contributed by atoms with E-state index in [1.807, 2.05) is 36.4 Å². The third kappa shape index (κ3) is 4.31. The van der Waals surface area contributed by atoms with E-state index in [9.17, 15) is 9.18 Å². The van der Waals surface area contributed by atoms with Crippen LogP contribution in [0.4, 0.5) is 16.0 Å². The second kappa shape index (κ2) is 8.76. The van der Waals surface area contributed by atoms with Gasteiger partial charge < -0.3 is 16.0 Å². The van der Waals surface area contributed by atoms with E-state index in [2.05, 4.69) is 26.0 Å². The van der Waals surface area contributed by atoms with Crippen LogP contribution in [-0.2, 0) is 0 Å². The molecule has 8 heteroatoms. The molecule has 0 unspecified atom stereocenters. The third-order valence-corrected chi connectivity index (χ3v) is 5.56. The van der Waals surface area contributed by atoms with Gasteiger partial charge in [0, 0.05) is 22.9 Å². The number of nitrogens with zero attached hydrogens (tertiary/aromatic N) is 3. The fraction of sp³-hybridized carbons (Fsp3) is 0.208. The van der Waals surface area contributed by atoms with Crippen LogP contribution in [0.3, 0.4) is 0 Å².